The highest BCUT2D eigenvalue weighted by Gasteiger charge is 2.24. The van der Waals surface area contributed by atoms with Gasteiger partial charge in [-0.15, -0.1) is 0 Å². The third-order valence-corrected chi connectivity index (χ3v) is 8.57. The van der Waals surface area contributed by atoms with Crippen molar-refractivity contribution in [3.05, 3.63) is 11.6 Å². The molecule has 248 valence electrons. The molecule has 0 saturated heterocycles. The number of carbonyl (C=O) groups is 1. The van der Waals surface area contributed by atoms with Crippen LogP contribution in [-0.2, 0) is 9.53 Å². The first-order valence-corrected chi connectivity index (χ1v) is 17.5. The summed E-state index contributed by atoms with van der Waals surface area (Å²) in [4.78, 5) is 16.1. The van der Waals surface area contributed by atoms with E-state index in [9.17, 15) is 20.1 Å². The molecule has 1 aliphatic heterocycles. The van der Waals surface area contributed by atoms with Gasteiger partial charge in [0.1, 0.15) is 6.10 Å². The molecule has 1 rings (SSSR count). The van der Waals surface area contributed by atoms with E-state index in [2.05, 4.69) is 30.8 Å². The molecule has 7 nitrogen and oxygen atoms in total. The van der Waals surface area contributed by atoms with Gasteiger partial charge in [-0.25, -0.2) is 4.79 Å². The molecule has 0 fully saturated rings. The normalized spacial score (nSPS) is 17.6. The number of ether oxygens (including phenoxy) is 1. The summed E-state index contributed by atoms with van der Waals surface area (Å²) in [5.74, 6) is -0.277. The Labute approximate surface area is 259 Å². The summed E-state index contributed by atoms with van der Waals surface area (Å²) in [6.45, 7) is 7.34. The summed E-state index contributed by atoms with van der Waals surface area (Å²) in [5, 5.41) is 31.0. The van der Waals surface area contributed by atoms with Gasteiger partial charge in [-0.2, -0.15) is 0 Å². The minimum atomic E-state index is -0.456. The van der Waals surface area contributed by atoms with E-state index in [1.54, 1.807) is 0 Å². The van der Waals surface area contributed by atoms with E-state index in [0.29, 0.717) is 18.5 Å². The molecule has 0 radical (unpaired) electrons. The van der Waals surface area contributed by atoms with E-state index < -0.39 is 6.10 Å². The van der Waals surface area contributed by atoms with Crippen molar-refractivity contribution in [3.63, 3.8) is 0 Å². The van der Waals surface area contributed by atoms with Crippen LogP contribution in [0.5, 0.6) is 0 Å². The lowest BCUT2D eigenvalue weighted by molar-refractivity contribution is -0.139. The third kappa shape index (κ3) is 21.7. The number of esters is 1. The first-order chi connectivity index (χ1) is 20.2. The van der Waals surface area contributed by atoms with E-state index in [-0.39, 0.29) is 24.3 Å². The van der Waals surface area contributed by atoms with Gasteiger partial charge in [-0.05, 0) is 46.4 Å². The fraction of sp³-hybridized carbons (Fsp3) is 0.914. The number of unbranched alkanes of at least 4 members (excludes halogenated alkanes) is 14. The average Bonchev–Trinajstić information content (AvgIpc) is 3.25. The largest absolute Gasteiger partial charge is 0.455 e. The molecule has 0 amide bonds. The van der Waals surface area contributed by atoms with Gasteiger partial charge >= 0.3 is 5.97 Å². The Hall–Kier alpha value is -0.990. The maximum atomic E-state index is 11.6. The van der Waals surface area contributed by atoms with Crippen LogP contribution < -0.4 is 0 Å². The Kier molecular flexibility index (Phi) is 23.6. The van der Waals surface area contributed by atoms with Crippen molar-refractivity contribution >= 4 is 5.97 Å². The number of nitrogens with zero attached hydrogens (tertiary/aromatic N) is 2. The van der Waals surface area contributed by atoms with E-state index in [1.807, 2.05) is 13.0 Å². The minimum Gasteiger partial charge on any atom is -0.455 e. The van der Waals surface area contributed by atoms with Gasteiger partial charge in [0, 0.05) is 38.2 Å². The molecule has 42 heavy (non-hydrogen) atoms. The number of likely N-dealkylation sites (N-methyl/N-ethyl adjacent to an activating group) is 2. The van der Waals surface area contributed by atoms with Gasteiger partial charge in [0.2, 0.25) is 0 Å². The monoisotopic (exact) mass is 597 g/mol. The topological polar surface area (TPSA) is 93.5 Å². The molecule has 4 atom stereocenters. The zero-order valence-corrected chi connectivity index (χ0v) is 27.9. The Morgan fingerprint density at radius 3 is 1.43 bits per heavy atom. The van der Waals surface area contributed by atoms with Crippen LogP contribution in [0.15, 0.2) is 11.6 Å². The van der Waals surface area contributed by atoms with Gasteiger partial charge in [0.15, 0.2) is 0 Å². The number of cyclic esters (lactones) is 1. The smallest absolute Gasteiger partial charge is 0.334 e. The van der Waals surface area contributed by atoms with E-state index in [0.717, 1.165) is 64.6 Å². The first-order valence-electron chi connectivity index (χ1n) is 17.5. The molecule has 1 heterocycles. The fourth-order valence-corrected chi connectivity index (χ4v) is 5.90. The van der Waals surface area contributed by atoms with Gasteiger partial charge in [0.25, 0.3) is 0 Å². The summed E-state index contributed by atoms with van der Waals surface area (Å²) in [6, 6.07) is 0. The van der Waals surface area contributed by atoms with E-state index in [4.69, 9.17) is 4.74 Å². The second kappa shape index (κ2) is 25.3. The molecule has 0 aromatic carbocycles. The predicted octanol–water partition coefficient (Wildman–Crippen LogP) is 6.63. The summed E-state index contributed by atoms with van der Waals surface area (Å²) in [7, 11) is 4.16. The molecule has 0 aromatic heterocycles. The molecule has 0 aromatic rings. The van der Waals surface area contributed by atoms with Crippen molar-refractivity contribution < 1.29 is 24.9 Å². The summed E-state index contributed by atoms with van der Waals surface area (Å²) in [5.41, 5.74) is 0.620. The highest BCUT2D eigenvalue weighted by molar-refractivity contribution is 5.90. The van der Waals surface area contributed by atoms with Crippen molar-refractivity contribution in [3.8, 4) is 0 Å². The lowest BCUT2D eigenvalue weighted by Gasteiger charge is -2.25. The SMILES string of the molecule is CCCCCCCCCC[C@@H](O)CN(C)CCN(C)C[C@H](O)CCCCCCCCCC[C@@H](O)CC1=C[C@H](C)OC1=O. The number of aliphatic hydroxyl groups is 3. The molecule has 0 saturated carbocycles. The highest BCUT2D eigenvalue weighted by atomic mass is 16.5. The molecule has 0 aliphatic carbocycles. The quantitative estimate of drug-likeness (QED) is 0.0659. The molecule has 3 N–H and O–H groups in total. The van der Waals surface area contributed by atoms with Crippen molar-refractivity contribution in [2.75, 3.05) is 40.3 Å². The van der Waals surface area contributed by atoms with Crippen LogP contribution in [0.4, 0.5) is 0 Å². The standard InChI is InChI=1S/C35H68N2O5/c1-5-6-7-8-9-12-16-19-22-33(39)28-36(3)24-25-37(4)29-34(40)23-20-17-14-11-10-13-15-18-21-32(38)27-31-26-30(2)42-35(31)41/h26,30,32-34,38-40H,5-25,27-29H2,1-4H3/t30-,32+,33+,34+/m0/s1. The molecule has 0 spiro atoms. The Bertz CT molecular complexity index is 688. The number of hydrogen-bond donors (Lipinski definition) is 3. The van der Waals surface area contributed by atoms with E-state index >= 15 is 0 Å². The first kappa shape index (κ1) is 39.0. The van der Waals surface area contributed by atoms with Crippen molar-refractivity contribution in [2.24, 2.45) is 0 Å². The lowest BCUT2D eigenvalue weighted by atomic mass is 10.0. The van der Waals surface area contributed by atoms with Crippen molar-refractivity contribution in [1.29, 1.82) is 0 Å². The van der Waals surface area contributed by atoms with Crippen LogP contribution in [0.2, 0.25) is 0 Å². The zero-order chi connectivity index (χ0) is 31.0. The van der Waals surface area contributed by atoms with Gasteiger partial charge in [-0.3, -0.25) is 0 Å². The Balaban J connectivity index is 1.91. The third-order valence-electron chi connectivity index (χ3n) is 8.57. The van der Waals surface area contributed by atoms with Crippen LogP contribution in [0.1, 0.15) is 142 Å². The van der Waals surface area contributed by atoms with Crippen LogP contribution in [0, 0.1) is 0 Å². The minimum absolute atomic E-state index is 0.165. The Morgan fingerprint density at radius 1 is 0.667 bits per heavy atom. The molecular weight excluding hydrogens is 528 g/mol. The van der Waals surface area contributed by atoms with Crippen molar-refractivity contribution in [1.82, 2.24) is 9.80 Å². The van der Waals surface area contributed by atoms with Gasteiger partial charge in [-0.1, -0.05) is 110 Å². The second-order valence-corrected chi connectivity index (χ2v) is 13.2. The summed E-state index contributed by atoms with van der Waals surface area (Å²) >= 11 is 0. The maximum Gasteiger partial charge on any atom is 0.334 e. The van der Waals surface area contributed by atoms with Gasteiger partial charge in [0.05, 0.1) is 18.3 Å². The lowest BCUT2D eigenvalue weighted by Crippen LogP contribution is -2.38. The Morgan fingerprint density at radius 2 is 1.05 bits per heavy atom. The summed E-state index contributed by atoms with van der Waals surface area (Å²) in [6.07, 6.45) is 23.2. The summed E-state index contributed by atoms with van der Waals surface area (Å²) < 4.78 is 5.09. The predicted molar refractivity (Wildman–Crippen MR) is 175 cm³/mol. The number of rotatable bonds is 29. The maximum absolute atomic E-state index is 11.6. The fourth-order valence-electron chi connectivity index (χ4n) is 5.90. The zero-order valence-electron chi connectivity index (χ0n) is 27.9. The molecule has 0 unspecified atom stereocenters. The van der Waals surface area contributed by atoms with E-state index in [1.165, 1.54) is 77.0 Å². The molecule has 0 bridgehead atoms. The average molecular weight is 597 g/mol. The number of aliphatic hydroxyl groups excluding tert-OH is 3. The van der Waals surface area contributed by atoms with Gasteiger partial charge < -0.3 is 29.9 Å². The molecular formula is C35H68N2O5. The van der Waals surface area contributed by atoms with Crippen molar-refractivity contribution in [2.45, 2.75) is 167 Å². The second-order valence-electron chi connectivity index (χ2n) is 13.2. The number of carbonyl (C=O) groups excluding carboxylic acids is 1. The van der Waals surface area contributed by atoms with Crippen LogP contribution in [0.3, 0.4) is 0 Å². The molecule has 1 aliphatic rings. The van der Waals surface area contributed by atoms with Crippen LogP contribution in [0.25, 0.3) is 0 Å². The highest BCUT2D eigenvalue weighted by Crippen LogP contribution is 2.21. The van der Waals surface area contributed by atoms with Crippen LogP contribution >= 0.6 is 0 Å². The van der Waals surface area contributed by atoms with Crippen LogP contribution in [-0.4, -0.2) is 95.8 Å². The number of hydrogen-bond acceptors (Lipinski definition) is 7. The molecule has 7 heteroatoms.